The number of aliphatic carboxylic acids is 1. The van der Waals surface area contributed by atoms with Crippen LogP contribution in [-0.2, 0) is 14.3 Å². The van der Waals surface area contributed by atoms with Crippen molar-refractivity contribution >= 4 is 18.0 Å². The maximum absolute atomic E-state index is 13.1. The molecule has 2 aliphatic rings. The number of rotatable bonds is 8. The molecule has 2 aliphatic carbocycles. The average Bonchev–Trinajstić information content (AvgIpc) is 3.19. The Hall–Kier alpha value is -3.35. The van der Waals surface area contributed by atoms with E-state index in [1.165, 1.54) is 0 Å². The molecule has 1 fully saturated rings. The summed E-state index contributed by atoms with van der Waals surface area (Å²) in [6.07, 6.45) is 2.92. The van der Waals surface area contributed by atoms with Crippen molar-refractivity contribution < 1.29 is 24.2 Å². The Morgan fingerprint density at radius 2 is 1.60 bits per heavy atom. The molecule has 0 radical (unpaired) electrons. The largest absolute Gasteiger partial charge is 0.481 e. The molecule has 35 heavy (non-hydrogen) atoms. The highest BCUT2D eigenvalue weighted by atomic mass is 16.5. The fraction of sp³-hybridized carbons (Fsp3) is 0.464. The summed E-state index contributed by atoms with van der Waals surface area (Å²) in [6.45, 7) is 4.01. The number of alkyl carbamates (subject to hydrolysis) is 1. The van der Waals surface area contributed by atoms with E-state index in [4.69, 9.17) is 4.74 Å². The summed E-state index contributed by atoms with van der Waals surface area (Å²) in [5.74, 6) is -2.05. The molecule has 0 aliphatic heterocycles. The summed E-state index contributed by atoms with van der Waals surface area (Å²) < 4.78 is 5.64. The molecule has 0 aromatic heterocycles. The summed E-state index contributed by atoms with van der Waals surface area (Å²) in [7, 11) is 0. The van der Waals surface area contributed by atoms with E-state index in [-0.39, 0.29) is 24.3 Å². The van der Waals surface area contributed by atoms with Crippen LogP contribution in [0.25, 0.3) is 11.1 Å². The zero-order chi connectivity index (χ0) is 24.9. The SMILES string of the molecule is CCC(C)C(NC(=O)OCC1c2ccccc2-c2ccccc21)C(=O)N[C@@H]1CCCC[C@@H]1C(=O)O. The molecule has 0 saturated heterocycles. The number of carboxylic acids is 1. The van der Waals surface area contributed by atoms with Crippen LogP contribution >= 0.6 is 0 Å². The first kappa shape index (κ1) is 24.8. The molecular formula is C28H34N2O5. The average molecular weight is 479 g/mol. The number of carboxylic acid groups (broad SMARTS) is 1. The second-order valence-corrected chi connectivity index (χ2v) is 9.68. The van der Waals surface area contributed by atoms with Gasteiger partial charge in [-0.1, -0.05) is 81.6 Å². The monoisotopic (exact) mass is 478 g/mol. The number of hydrogen-bond donors (Lipinski definition) is 3. The normalized spacial score (nSPS) is 20.7. The zero-order valence-corrected chi connectivity index (χ0v) is 20.3. The molecule has 2 aromatic carbocycles. The first-order valence-electron chi connectivity index (χ1n) is 12.5. The summed E-state index contributed by atoms with van der Waals surface area (Å²) in [6, 6.07) is 15.0. The molecule has 0 bridgehead atoms. The molecule has 7 heteroatoms. The van der Waals surface area contributed by atoms with Gasteiger partial charge in [0.15, 0.2) is 0 Å². The van der Waals surface area contributed by atoms with Gasteiger partial charge in [-0.2, -0.15) is 0 Å². The molecule has 2 unspecified atom stereocenters. The van der Waals surface area contributed by atoms with Gasteiger partial charge in [-0.3, -0.25) is 9.59 Å². The molecule has 186 valence electrons. The maximum Gasteiger partial charge on any atom is 0.407 e. The third-order valence-corrected chi connectivity index (χ3v) is 7.52. The molecule has 2 aromatic rings. The van der Waals surface area contributed by atoms with Gasteiger partial charge in [-0.25, -0.2) is 4.79 Å². The van der Waals surface area contributed by atoms with Crippen molar-refractivity contribution in [2.45, 2.75) is 64.0 Å². The number of carbonyl (C=O) groups is 3. The van der Waals surface area contributed by atoms with Gasteiger partial charge in [0.25, 0.3) is 0 Å². The number of carbonyl (C=O) groups excluding carboxylic acids is 2. The van der Waals surface area contributed by atoms with Crippen LogP contribution in [0.3, 0.4) is 0 Å². The van der Waals surface area contributed by atoms with Crippen molar-refractivity contribution in [2.75, 3.05) is 6.61 Å². The minimum Gasteiger partial charge on any atom is -0.481 e. The van der Waals surface area contributed by atoms with Gasteiger partial charge in [-0.15, -0.1) is 0 Å². The van der Waals surface area contributed by atoms with Crippen molar-refractivity contribution in [2.24, 2.45) is 11.8 Å². The van der Waals surface area contributed by atoms with Crippen LogP contribution in [0.1, 0.15) is 63.0 Å². The number of benzene rings is 2. The summed E-state index contributed by atoms with van der Waals surface area (Å²) in [5, 5.41) is 15.2. The Morgan fingerprint density at radius 3 is 2.20 bits per heavy atom. The molecule has 0 heterocycles. The summed E-state index contributed by atoms with van der Waals surface area (Å²) in [4.78, 5) is 37.6. The van der Waals surface area contributed by atoms with Gasteiger partial charge in [0, 0.05) is 12.0 Å². The van der Waals surface area contributed by atoms with E-state index in [9.17, 15) is 19.5 Å². The predicted octanol–water partition coefficient (Wildman–Crippen LogP) is 4.70. The van der Waals surface area contributed by atoms with Gasteiger partial charge in [0.05, 0.1) is 5.92 Å². The van der Waals surface area contributed by atoms with Crippen LogP contribution in [0.4, 0.5) is 4.79 Å². The van der Waals surface area contributed by atoms with Crippen LogP contribution in [-0.4, -0.2) is 41.8 Å². The second-order valence-electron chi connectivity index (χ2n) is 9.68. The number of ether oxygens (including phenoxy) is 1. The maximum atomic E-state index is 13.1. The third kappa shape index (κ3) is 5.34. The highest BCUT2D eigenvalue weighted by Crippen LogP contribution is 2.44. The molecule has 1 saturated carbocycles. The Labute approximate surface area is 206 Å². The molecule has 3 N–H and O–H groups in total. The summed E-state index contributed by atoms with van der Waals surface area (Å²) >= 11 is 0. The topological polar surface area (TPSA) is 105 Å². The minimum absolute atomic E-state index is 0.0670. The van der Waals surface area contributed by atoms with E-state index in [0.717, 1.165) is 35.1 Å². The van der Waals surface area contributed by atoms with Crippen molar-refractivity contribution in [3.63, 3.8) is 0 Å². The van der Waals surface area contributed by atoms with E-state index in [2.05, 4.69) is 34.9 Å². The van der Waals surface area contributed by atoms with Crippen LogP contribution in [0, 0.1) is 11.8 Å². The van der Waals surface area contributed by atoms with Gasteiger partial charge in [0.2, 0.25) is 5.91 Å². The number of hydrogen-bond acceptors (Lipinski definition) is 4. The Balaban J connectivity index is 1.41. The minimum atomic E-state index is -0.889. The van der Waals surface area contributed by atoms with E-state index in [1.54, 1.807) is 0 Å². The predicted molar refractivity (Wildman–Crippen MR) is 133 cm³/mol. The van der Waals surface area contributed by atoms with Gasteiger partial charge < -0.3 is 20.5 Å². The van der Waals surface area contributed by atoms with Gasteiger partial charge in [0.1, 0.15) is 12.6 Å². The molecule has 0 spiro atoms. The second kappa shape index (κ2) is 10.9. The first-order chi connectivity index (χ1) is 16.9. The molecule has 4 rings (SSSR count). The zero-order valence-electron chi connectivity index (χ0n) is 20.3. The number of amides is 2. The van der Waals surface area contributed by atoms with E-state index >= 15 is 0 Å². The lowest BCUT2D eigenvalue weighted by Gasteiger charge is -2.32. The van der Waals surface area contributed by atoms with Crippen molar-refractivity contribution in [3.8, 4) is 11.1 Å². The first-order valence-corrected chi connectivity index (χ1v) is 12.5. The van der Waals surface area contributed by atoms with Crippen LogP contribution < -0.4 is 10.6 Å². The Morgan fingerprint density at radius 1 is 1.00 bits per heavy atom. The van der Waals surface area contributed by atoms with Gasteiger partial charge in [-0.05, 0) is 41.0 Å². The highest BCUT2D eigenvalue weighted by Gasteiger charge is 2.35. The Bertz CT molecular complexity index is 1040. The standard InChI is InChI=1S/C28H34N2O5/c1-3-17(2)25(26(31)29-24-15-9-8-14-22(24)27(32)33)30-28(34)35-16-23-20-12-6-4-10-18(20)19-11-5-7-13-21(19)23/h4-7,10-13,17,22-25H,3,8-9,14-16H2,1-2H3,(H,29,31)(H,30,34)(H,32,33)/t17?,22-,24+,25?/m0/s1. The number of fused-ring (bicyclic) bond motifs is 3. The van der Waals surface area contributed by atoms with E-state index in [0.29, 0.717) is 19.3 Å². The lowest BCUT2D eigenvalue weighted by molar-refractivity contribution is -0.144. The molecule has 7 nitrogen and oxygen atoms in total. The van der Waals surface area contributed by atoms with Gasteiger partial charge >= 0.3 is 12.1 Å². The fourth-order valence-corrected chi connectivity index (χ4v) is 5.34. The van der Waals surface area contributed by atoms with Crippen molar-refractivity contribution in [3.05, 3.63) is 59.7 Å². The lowest BCUT2D eigenvalue weighted by atomic mass is 9.84. The summed E-state index contributed by atoms with van der Waals surface area (Å²) in [5.41, 5.74) is 4.54. The van der Waals surface area contributed by atoms with Crippen molar-refractivity contribution in [1.29, 1.82) is 0 Å². The Kier molecular flexibility index (Phi) is 7.73. The smallest absolute Gasteiger partial charge is 0.407 e. The third-order valence-electron chi connectivity index (χ3n) is 7.52. The molecule has 4 atom stereocenters. The lowest BCUT2D eigenvalue weighted by Crippen LogP contribution is -2.55. The highest BCUT2D eigenvalue weighted by molar-refractivity contribution is 5.87. The quantitative estimate of drug-likeness (QED) is 0.510. The van der Waals surface area contributed by atoms with Crippen LogP contribution in [0.2, 0.25) is 0 Å². The number of nitrogens with one attached hydrogen (secondary N) is 2. The van der Waals surface area contributed by atoms with E-state index < -0.39 is 30.1 Å². The van der Waals surface area contributed by atoms with Crippen LogP contribution in [0.15, 0.2) is 48.5 Å². The molecule has 2 amide bonds. The van der Waals surface area contributed by atoms with Crippen molar-refractivity contribution in [1.82, 2.24) is 10.6 Å². The van der Waals surface area contributed by atoms with E-state index in [1.807, 2.05) is 38.1 Å². The van der Waals surface area contributed by atoms with Crippen LogP contribution in [0.5, 0.6) is 0 Å². The fourth-order valence-electron chi connectivity index (χ4n) is 5.34. The molecular weight excluding hydrogens is 444 g/mol.